The van der Waals surface area contributed by atoms with E-state index in [-0.39, 0.29) is 6.42 Å². The molecular formula is C18H14F2N2O4S. The summed E-state index contributed by atoms with van der Waals surface area (Å²) in [5.41, 5.74) is 1.38. The van der Waals surface area contributed by atoms with Crippen molar-refractivity contribution in [2.75, 3.05) is 13.7 Å². The van der Waals surface area contributed by atoms with Gasteiger partial charge in [-0.15, -0.1) is 11.3 Å². The van der Waals surface area contributed by atoms with Crippen molar-refractivity contribution in [3.8, 4) is 16.9 Å². The van der Waals surface area contributed by atoms with Crippen LogP contribution in [0.2, 0.25) is 0 Å². The first kappa shape index (κ1) is 18.7. The van der Waals surface area contributed by atoms with Crippen LogP contribution in [-0.4, -0.2) is 35.6 Å². The molecule has 1 heterocycles. The summed E-state index contributed by atoms with van der Waals surface area (Å²) < 4.78 is 33.1. The zero-order chi connectivity index (χ0) is 19.6. The molecule has 2 aromatic carbocycles. The highest BCUT2D eigenvalue weighted by atomic mass is 32.1. The minimum atomic E-state index is -1.13. The van der Waals surface area contributed by atoms with Gasteiger partial charge in [-0.1, -0.05) is 0 Å². The van der Waals surface area contributed by atoms with Gasteiger partial charge in [0, 0.05) is 17.7 Å². The SMILES string of the molecule is COc1cc2nc(CC(=O)NCC(=O)O)sc2cc1-c1cc(F)cc(F)c1. The molecule has 0 bridgehead atoms. The molecule has 0 fully saturated rings. The number of carboxylic acids is 1. The molecule has 0 saturated heterocycles. The van der Waals surface area contributed by atoms with Crippen molar-refractivity contribution in [1.29, 1.82) is 0 Å². The van der Waals surface area contributed by atoms with E-state index in [2.05, 4.69) is 10.3 Å². The van der Waals surface area contributed by atoms with E-state index in [4.69, 9.17) is 9.84 Å². The van der Waals surface area contributed by atoms with E-state index >= 15 is 0 Å². The Morgan fingerprint density at radius 3 is 2.52 bits per heavy atom. The molecular weight excluding hydrogens is 378 g/mol. The van der Waals surface area contributed by atoms with Crippen LogP contribution < -0.4 is 10.1 Å². The van der Waals surface area contributed by atoms with E-state index < -0.39 is 30.1 Å². The summed E-state index contributed by atoms with van der Waals surface area (Å²) in [6.07, 6.45) is -0.0706. The predicted molar refractivity (Wildman–Crippen MR) is 95.9 cm³/mol. The molecule has 27 heavy (non-hydrogen) atoms. The fraction of sp³-hybridized carbons (Fsp3) is 0.167. The number of ether oxygens (including phenoxy) is 1. The molecule has 0 radical (unpaired) electrons. The maximum Gasteiger partial charge on any atom is 0.322 e. The lowest BCUT2D eigenvalue weighted by Crippen LogP contribution is -2.30. The number of thiazole rings is 1. The molecule has 6 nitrogen and oxygen atoms in total. The molecule has 0 aliphatic heterocycles. The highest BCUT2D eigenvalue weighted by Crippen LogP contribution is 2.36. The maximum absolute atomic E-state index is 13.6. The Balaban J connectivity index is 1.95. The number of fused-ring (bicyclic) bond motifs is 1. The Morgan fingerprint density at radius 2 is 1.89 bits per heavy atom. The standard InChI is InChI=1S/C18H14F2N2O4S/c1-26-14-6-13-15(5-12(14)9-2-10(19)4-11(20)3-9)27-17(22-13)7-16(23)21-8-18(24)25/h2-6H,7-8H2,1H3,(H,21,23)(H,24,25). The minimum Gasteiger partial charge on any atom is -0.496 e. The molecule has 1 aromatic heterocycles. The summed E-state index contributed by atoms with van der Waals surface area (Å²) in [7, 11) is 1.44. The van der Waals surface area contributed by atoms with Gasteiger partial charge in [-0.3, -0.25) is 9.59 Å². The summed E-state index contributed by atoms with van der Waals surface area (Å²) in [4.78, 5) is 26.6. The molecule has 2 N–H and O–H groups in total. The Kier molecular flexibility index (Phi) is 5.31. The van der Waals surface area contributed by atoms with Crippen LogP contribution >= 0.6 is 11.3 Å². The Hall–Kier alpha value is -3.07. The van der Waals surface area contributed by atoms with Gasteiger partial charge in [-0.05, 0) is 23.8 Å². The number of nitrogens with zero attached hydrogens (tertiary/aromatic N) is 1. The normalized spacial score (nSPS) is 10.8. The smallest absolute Gasteiger partial charge is 0.322 e. The number of carbonyl (C=O) groups is 2. The van der Waals surface area contributed by atoms with Gasteiger partial charge in [0.25, 0.3) is 0 Å². The molecule has 0 atom stereocenters. The van der Waals surface area contributed by atoms with Crippen LogP contribution in [0.4, 0.5) is 8.78 Å². The van der Waals surface area contributed by atoms with Crippen LogP contribution in [0.1, 0.15) is 5.01 Å². The number of benzene rings is 2. The van der Waals surface area contributed by atoms with Gasteiger partial charge >= 0.3 is 5.97 Å². The van der Waals surface area contributed by atoms with Gasteiger partial charge < -0.3 is 15.2 Å². The minimum absolute atomic E-state index is 0.0706. The number of aromatic nitrogens is 1. The van der Waals surface area contributed by atoms with Gasteiger partial charge in [0.15, 0.2) is 0 Å². The Bertz CT molecular complexity index is 1020. The number of nitrogens with one attached hydrogen (secondary N) is 1. The van der Waals surface area contributed by atoms with Crippen LogP contribution in [0.15, 0.2) is 30.3 Å². The number of carbonyl (C=O) groups excluding carboxylic acids is 1. The van der Waals surface area contributed by atoms with Crippen molar-refractivity contribution in [3.05, 3.63) is 47.0 Å². The molecule has 0 unspecified atom stereocenters. The van der Waals surface area contributed by atoms with Crippen molar-refractivity contribution in [2.24, 2.45) is 0 Å². The van der Waals surface area contributed by atoms with E-state index in [1.165, 1.54) is 30.6 Å². The molecule has 3 aromatic rings. The Morgan fingerprint density at radius 1 is 1.19 bits per heavy atom. The number of hydrogen-bond donors (Lipinski definition) is 2. The van der Waals surface area contributed by atoms with Gasteiger partial charge in [0.05, 0.1) is 23.7 Å². The van der Waals surface area contributed by atoms with Crippen molar-refractivity contribution < 1.29 is 28.2 Å². The first-order valence-electron chi connectivity index (χ1n) is 7.78. The monoisotopic (exact) mass is 392 g/mol. The molecule has 1 amide bonds. The average molecular weight is 392 g/mol. The lowest BCUT2D eigenvalue weighted by molar-refractivity contribution is -0.137. The summed E-state index contributed by atoms with van der Waals surface area (Å²) >= 11 is 1.23. The van der Waals surface area contributed by atoms with Crippen LogP contribution in [0, 0.1) is 11.6 Å². The first-order chi connectivity index (χ1) is 12.9. The average Bonchev–Trinajstić information content (AvgIpc) is 2.98. The lowest BCUT2D eigenvalue weighted by atomic mass is 10.0. The van der Waals surface area contributed by atoms with E-state index in [0.717, 1.165) is 6.07 Å². The summed E-state index contributed by atoms with van der Waals surface area (Å²) in [5, 5.41) is 11.3. The number of aliphatic carboxylic acids is 1. The van der Waals surface area contributed by atoms with Gasteiger partial charge in [-0.2, -0.15) is 0 Å². The van der Waals surface area contributed by atoms with Crippen molar-refractivity contribution in [3.63, 3.8) is 0 Å². The number of carboxylic acid groups (broad SMARTS) is 1. The Labute approximate surface area is 156 Å². The van der Waals surface area contributed by atoms with E-state index in [9.17, 15) is 18.4 Å². The maximum atomic E-state index is 13.6. The molecule has 0 saturated carbocycles. The predicted octanol–water partition coefficient (Wildman–Crippen LogP) is 2.99. The van der Waals surface area contributed by atoms with Crippen LogP contribution in [0.3, 0.4) is 0 Å². The quantitative estimate of drug-likeness (QED) is 0.673. The third-order valence-corrected chi connectivity index (χ3v) is 4.69. The second-order valence-corrected chi connectivity index (χ2v) is 6.75. The van der Waals surface area contributed by atoms with Gasteiger partial charge in [-0.25, -0.2) is 13.8 Å². The summed E-state index contributed by atoms with van der Waals surface area (Å²) in [6, 6.07) is 6.51. The van der Waals surface area contributed by atoms with Crippen molar-refractivity contribution in [1.82, 2.24) is 10.3 Å². The number of halogens is 2. The lowest BCUT2D eigenvalue weighted by Gasteiger charge is -2.09. The largest absolute Gasteiger partial charge is 0.496 e. The molecule has 9 heteroatoms. The topological polar surface area (TPSA) is 88.5 Å². The summed E-state index contributed by atoms with van der Waals surface area (Å²) in [6.45, 7) is -0.465. The first-order valence-corrected chi connectivity index (χ1v) is 8.60. The number of amides is 1. The van der Waals surface area contributed by atoms with Crippen LogP contribution in [0.25, 0.3) is 21.3 Å². The third kappa shape index (κ3) is 4.37. The highest BCUT2D eigenvalue weighted by Gasteiger charge is 2.15. The number of rotatable bonds is 6. The van der Waals surface area contributed by atoms with Gasteiger partial charge in [0.1, 0.15) is 28.9 Å². The van der Waals surface area contributed by atoms with E-state index in [1.807, 2.05) is 0 Å². The fourth-order valence-corrected chi connectivity index (χ4v) is 3.54. The third-order valence-electron chi connectivity index (χ3n) is 3.68. The molecule has 0 aliphatic carbocycles. The zero-order valence-corrected chi connectivity index (χ0v) is 14.9. The summed E-state index contributed by atoms with van der Waals surface area (Å²) in [5.74, 6) is -2.61. The van der Waals surface area contributed by atoms with Crippen LogP contribution in [0.5, 0.6) is 5.75 Å². The number of methoxy groups -OCH3 is 1. The fourth-order valence-electron chi connectivity index (χ4n) is 2.56. The van der Waals surface area contributed by atoms with Crippen molar-refractivity contribution in [2.45, 2.75) is 6.42 Å². The van der Waals surface area contributed by atoms with E-state index in [0.29, 0.717) is 32.1 Å². The molecule has 3 rings (SSSR count). The van der Waals surface area contributed by atoms with Crippen molar-refractivity contribution >= 4 is 33.4 Å². The molecule has 0 spiro atoms. The highest BCUT2D eigenvalue weighted by molar-refractivity contribution is 7.18. The molecule has 0 aliphatic rings. The van der Waals surface area contributed by atoms with Gasteiger partial charge in [0.2, 0.25) is 5.91 Å². The molecule has 140 valence electrons. The zero-order valence-electron chi connectivity index (χ0n) is 14.1. The second kappa shape index (κ2) is 7.67. The number of hydrogen-bond acceptors (Lipinski definition) is 5. The van der Waals surface area contributed by atoms with Crippen LogP contribution in [-0.2, 0) is 16.0 Å². The van der Waals surface area contributed by atoms with E-state index in [1.54, 1.807) is 12.1 Å². The second-order valence-electron chi connectivity index (χ2n) is 5.63.